The van der Waals surface area contributed by atoms with Crippen LogP contribution in [0.2, 0.25) is 0 Å². The fourth-order valence-electron chi connectivity index (χ4n) is 2.00. The van der Waals surface area contributed by atoms with E-state index in [0.29, 0.717) is 19.0 Å². The number of anilines is 1. The molecule has 1 fully saturated rings. The molecule has 0 aromatic carbocycles. The van der Waals surface area contributed by atoms with Crippen LogP contribution in [0.5, 0.6) is 0 Å². The third kappa shape index (κ3) is 2.83. The van der Waals surface area contributed by atoms with Crippen LogP contribution in [0.4, 0.5) is 5.82 Å². The molecule has 6 nitrogen and oxygen atoms in total. The minimum absolute atomic E-state index is 0.103. The molecule has 2 aromatic rings. The molecular weight excluding hydrogens is 242 g/mol. The summed E-state index contributed by atoms with van der Waals surface area (Å²) in [5.74, 6) is 0.869. The van der Waals surface area contributed by atoms with E-state index >= 15 is 0 Å². The molecule has 0 unspecified atom stereocenters. The smallest absolute Gasteiger partial charge is 0.221 e. The summed E-state index contributed by atoms with van der Waals surface area (Å²) < 4.78 is 1.79. The van der Waals surface area contributed by atoms with Crippen molar-refractivity contribution in [1.82, 2.24) is 19.9 Å². The van der Waals surface area contributed by atoms with Crippen LogP contribution in [-0.4, -0.2) is 33.1 Å². The number of hydrogen-bond donors (Lipinski definition) is 2. The zero-order valence-corrected chi connectivity index (χ0v) is 10.9. The largest absolute Gasteiger partial charge is 0.368 e. The van der Waals surface area contributed by atoms with Crippen LogP contribution in [-0.2, 0) is 4.79 Å². The van der Waals surface area contributed by atoms with Gasteiger partial charge in [0.2, 0.25) is 5.91 Å². The van der Waals surface area contributed by atoms with Crippen LogP contribution in [0, 0.1) is 6.92 Å². The molecule has 0 spiro atoms. The lowest BCUT2D eigenvalue weighted by molar-refractivity contribution is -0.120. The summed E-state index contributed by atoms with van der Waals surface area (Å²) in [6.07, 6.45) is 6.22. The van der Waals surface area contributed by atoms with Gasteiger partial charge in [-0.05, 0) is 25.8 Å². The van der Waals surface area contributed by atoms with Gasteiger partial charge in [0.15, 0.2) is 5.82 Å². The molecule has 3 rings (SSSR count). The topological polar surface area (TPSA) is 71.3 Å². The maximum absolute atomic E-state index is 11.6. The quantitative estimate of drug-likeness (QED) is 0.844. The van der Waals surface area contributed by atoms with Gasteiger partial charge in [0, 0.05) is 31.4 Å². The summed E-state index contributed by atoms with van der Waals surface area (Å²) in [5, 5.41) is 10.5. The Labute approximate surface area is 111 Å². The summed E-state index contributed by atoms with van der Waals surface area (Å²) in [6, 6.07) is 2.39. The summed E-state index contributed by atoms with van der Waals surface area (Å²) in [7, 11) is 0. The van der Waals surface area contributed by atoms with Gasteiger partial charge in [0.25, 0.3) is 0 Å². The number of amides is 1. The fourth-order valence-corrected chi connectivity index (χ4v) is 2.00. The van der Waals surface area contributed by atoms with E-state index < -0.39 is 0 Å². The van der Waals surface area contributed by atoms with E-state index in [0.717, 1.165) is 29.9 Å². The second-order valence-electron chi connectivity index (χ2n) is 4.91. The highest BCUT2D eigenvalue weighted by molar-refractivity contribution is 5.77. The fraction of sp³-hybridized carbons (Fsp3) is 0.462. The average molecular weight is 259 g/mol. The number of rotatable bonds is 5. The van der Waals surface area contributed by atoms with E-state index in [-0.39, 0.29) is 5.91 Å². The minimum Gasteiger partial charge on any atom is -0.368 e. The summed E-state index contributed by atoms with van der Waals surface area (Å²) in [4.78, 5) is 15.8. The molecular formula is C13H17N5O. The van der Waals surface area contributed by atoms with Crippen LogP contribution in [0.1, 0.15) is 25.0 Å². The molecule has 1 aliphatic rings. The van der Waals surface area contributed by atoms with Gasteiger partial charge in [-0.25, -0.2) is 9.50 Å². The van der Waals surface area contributed by atoms with Crippen molar-refractivity contribution in [2.75, 3.05) is 11.9 Å². The molecule has 2 aromatic heterocycles. The van der Waals surface area contributed by atoms with E-state index in [1.165, 1.54) is 0 Å². The second kappa shape index (κ2) is 4.87. The molecule has 19 heavy (non-hydrogen) atoms. The van der Waals surface area contributed by atoms with Crippen molar-refractivity contribution < 1.29 is 4.79 Å². The van der Waals surface area contributed by atoms with Crippen LogP contribution in [0.15, 0.2) is 18.5 Å². The first kappa shape index (κ1) is 12.0. The lowest BCUT2D eigenvalue weighted by Gasteiger charge is -2.07. The van der Waals surface area contributed by atoms with Gasteiger partial charge in [-0.3, -0.25) is 4.79 Å². The van der Waals surface area contributed by atoms with E-state index in [1.54, 1.807) is 10.7 Å². The highest BCUT2D eigenvalue weighted by Crippen LogP contribution is 2.18. The molecule has 1 aliphatic carbocycles. The van der Waals surface area contributed by atoms with E-state index in [1.807, 2.05) is 19.2 Å². The normalized spacial score (nSPS) is 14.6. The highest BCUT2D eigenvalue weighted by atomic mass is 16.1. The van der Waals surface area contributed by atoms with Gasteiger partial charge in [0.05, 0.1) is 5.69 Å². The predicted octanol–water partition coefficient (Wildman–Crippen LogP) is 1.12. The molecule has 0 atom stereocenters. The minimum atomic E-state index is 0.103. The first-order valence-electron chi connectivity index (χ1n) is 6.56. The number of nitrogens with zero attached hydrogens (tertiary/aromatic N) is 3. The van der Waals surface area contributed by atoms with Gasteiger partial charge >= 0.3 is 0 Å². The Morgan fingerprint density at radius 1 is 1.53 bits per heavy atom. The molecule has 1 saturated carbocycles. The highest BCUT2D eigenvalue weighted by Gasteiger charge is 2.22. The number of nitrogens with one attached hydrogen (secondary N) is 2. The molecule has 0 aliphatic heterocycles. The molecule has 2 heterocycles. The Balaban J connectivity index is 1.59. The molecule has 2 N–H and O–H groups in total. The maximum atomic E-state index is 11.6. The van der Waals surface area contributed by atoms with Crippen molar-refractivity contribution in [2.45, 2.75) is 32.2 Å². The molecule has 6 heteroatoms. The van der Waals surface area contributed by atoms with Crippen molar-refractivity contribution in [3.8, 4) is 0 Å². The number of carbonyl (C=O) groups is 1. The first-order chi connectivity index (χ1) is 9.22. The third-order valence-electron chi connectivity index (χ3n) is 3.10. The van der Waals surface area contributed by atoms with Crippen LogP contribution in [0.25, 0.3) is 5.52 Å². The molecule has 0 bridgehead atoms. The third-order valence-corrected chi connectivity index (χ3v) is 3.10. The number of aromatic nitrogens is 3. The SMILES string of the molecule is Cc1cc2c(NCCC(=O)NC3CC3)nccn2n1. The molecule has 0 radical (unpaired) electrons. The Hall–Kier alpha value is -2.11. The van der Waals surface area contributed by atoms with E-state index in [9.17, 15) is 4.79 Å². The number of hydrogen-bond acceptors (Lipinski definition) is 4. The Kier molecular flexibility index (Phi) is 3.06. The Morgan fingerprint density at radius 3 is 3.16 bits per heavy atom. The molecule has 100 valence electrons. The lowest BCUT2D eigenvalue weighted by Crippen LogP contribution is -2.27. The molecule has 0 saturated heterocycles. The van der Waals surface area contributed by atoms with E-state index in [4.69, 9.17) is 0 Å². The van der Waals surface area contributed by atoms with Gasteiger partial charge in [-0.15, -0.1) is 0 Å². The average Bonchev–Trinajstić information content (AvgIpc) is 3.08. The van der Waals surface area contributed by atoms with Gasteiger partial charge in [-0.1, -0.05) is 0 Å². The zero-order chi connectivity index (χ0) is 13.2. The van der Waals surface area contributed by atoms with Crippen LogP contribution in [0.3, 0.4) is 0 Å². The Bertz CT molecular complexity index is 602. The van der Waals surface area contributed by atoms with E-state index in [2.05, 4.69) is 20.7 Å². The van der Waals surface area contributed by atoms with Crippen LogP contribution >= 0.6 is 0 Å². The van der Waals surface area contributed by atoms with Crippen LogP contribution < -0.4 is 10.6 Å². The first-order valence-corrected chi connectivity index (χ1v) is 6.56. The van der Waals surface area contributed by atoms with Crippen molar-refractivity contribution in [3.63, 3.8) is 0 Å². The van der Waals surface area contributed by atoms with Gasteiger partial charge < -0.3 is 10.6 Å². The monoisotopic (exact) mass is 259 g/mol. The summed E-state index contributed by atoms with van der Waals surface area (Å²) >= 11 is 0. The number of carbonyl (C=O) groups excluding carboxylic acids is 1. The number of aryl methyl sites for hydroxylation is 1. The second-order valence-corrected chi connectivity index (χ2v) is 4.91. The van der Waals surface area contributed by atoms with Crippen molar-refractivity contribution in [3.05, 3.63) is 24.2 Å². The lowest BCUT2D eigenvalue weighted by atomic mass is 10.3. The number of fused-ring (bicyclic) bond motifs is 1. The van der Waals surface area contributed by atoms with Crippen molar-refractivity contribution in [1.29, 1.82) is 0 Å². The van der Waals surface area contributed by atoms with Crippen molar-refractivity contribution in [2.24, 2.45) is 0 Å². The summed E-state index contributed by atoms with van der Waals surface area (Å²) in [6.45, 7) is 2.52. The predicted molar refractivity (Wildman–Crippen MR) is 72.0 cm³/mol. The Morgan fingerprint density at radius 2 is 2.37 bits per heavy atom. The van der Waals surface area contributed by atoms with Gasteiger partial charge in [0.1, 0.15) is 5.52 Å². The standard InChI is InChI=1S/C13H17N5O/c1-9-8-11-13(15-6-7-18(11)17-9)14-5-4-12(19)16-10-2-3-10/h6-8,10H,2-5H2,1H3,(H,14,15)(H,16,19). The van der Waals surface area contributed by atoms with Gasteiger partial charge in [-0.2, -0.15) is 5.10 Å². The zero-order valence-electron chi connectivity index (χ0n) is 10.9. The summed E-state index contributed by atoms with van der Waals surface area (Å²) in [5.41, 5.74) is 1.88. The molecule has 1 amide bonds. The van der Waals surface area contributed by atoms with Crippen molar-refractivity contribution >= 4 is 17.2 Å². The maximum Gasteiger partial charge on any atom is 0.221 e.